The normalized spacial score (nSPS) is 11.1. The zero-order chi connectivity index (χ0) is 80.1. The molecule has 0 unspecified atom stereocenters. The summed E-state index contributed by atoms with van der Waals surface area (Å²) < 4.78 is 82.7. The first kappa shape index (κ1) is 82.6. The molecule has 0 spiro atoms. The molecule has 8 aromatic heterocycles. The van der Waals surface area contributed by atoms with Crippen molar-refractivity contribution in [2.75, 3.05) is 82.3 Å². The number of carboxylic acid groups (broad SMARTS) is 3. The van der Waals surface area contributed by atoms with Gasteiger partial charge in [-0.1, -0.05) is 71.8 Å². The van der Waals surface area contributed by atoms with Crippen LogP contribution >= 0.6 is 31.9 Å². The van der Waals surface area contributed by atoms with E-state index < -0.39 is 49.5 Å². The second-order valence-electron chi connectivity index (χ2n) is 24.7. The summed E-state index contributed by atoms with van der Waals surface area (Å²) in [7, 11) is -1.39. The van der Waals surface area contributed by atoms with Crippen LogP contribution in [0.1, 0.15) is 94.1 Å². The Morgan fingerprint density at radius 3 is 1.13 bits per heavy atom. The van der Waals surface area contributed by atoms with Crippen LogP contribution in [0, 0.1) is 19.8 Å². The largest absolute Gasteiger partial charge is 0.496 e. The minimum absolute atomic E-state index is 0.0794. The van der Waals surface area contributed by atoms with Gasteiger partial charge in [-0.25, -0.2) is 69.1 Å². The summed E-state index contributed by atoms with van der Waals surface area (Å²) in [6.45, 7) is 19.8. The zero-order valence-electron chi connectivity index (χ0n) is 62.3. The first-order valence-electron chi connectivity index (χ1n) is 34.6. The van der Waals surface area contributed by atoms with Gasteiger partial charge in [-0.05, 0) is 160 Å². The Hall–Kier alpha value is -11.5. The SMILES string of the molecule is CCN(CC)c1ncc(-c2cnc3c(c2)c(-c2ccccc2OC)cn3S(=O)(=O)c2ccc(C)cc2)cc1C(=O)N(C)C.CCN(CC)c1ncc(-c2cnc3c(c2)c(-c2ccccc2OC)cn3S(=O)(=O)c2ccc(C)cc2)cc1C(=O)O.CCN(CC)c1ncc(Br)cc1C(=O)O.O=C(O)c1cc(Br)cnc1F. The Morgan fingerprint density at radius 1 is 0.436 bits per heavy atom. The van der Waals surface area contributed by atoms with Gasteiger partial charge in [0.2, 0.25) is 5.95 Å². The quantitative estimate of drug-likeness (QED) is 0.0501. The van der Waals surface area contributed by atoms with Gasteiger partial charge < -0.3 is 44.4 Å². The van der Waals surface area contributed by atoms with E-state index in [-0.39, 0.29) is 38.1 Å². The molecule has 4 aromatic carbocycles. The van der Waals surface area contributed by atoms with E-state index in [9.17, 15) is 45.5 Å². The molecule has 12 rings (SSSR count). The molecule has 0 aliphatic rings. The van der Waals surface area contributed by atoms with Gasteiger partial charge in [0.15, 0.2) is 11.3 Å². The molecule has 0 aliphatic heterocycles. The van der Waals surface area contributed by atoms with Crippen molar-refractivity contribution in [1.29, 1.82) is 0 Å². The second-order valence-corrected chi connectivity index (χ2v) is 30.2. The summed E-state index contributed by atoms with van der Waals surface area (Å²) in [5.41, 5.74) is 7.99. The molecule has 110 heavy (non-hydrogen) atoms. The topological polar surface area (TPSA) is 316 Å². The van der Waals surface area contributed by atoms with Gasteiger partial charge in [0.05, 0.1) is 29.6 Å². The van der Waals surface area contributed by atoms with Crippen molar-refractivity contribution in [3.63, 3.8) is 0 Å². The van der Waals surface area contributed by atoms with Crippen molar-refractivity contribution in [3.8, 4) is 56.0 Å². The molecule has 0 bridgehead atoms. The number of methoxy groups -OCH3 is 2. The Balaban J connectivity index is 0.000000191. The number of amides is 1. The minimum Gasteiger partial charge on any atom is -0.496 e. The number of benzene rings is 4. The number of hydrogen-bond donors (Lipinski definition) is 3. The summed E-state index contributed by atoms with van der Waals surface area (Å²) in [4.78, 5) is 80.2. The number of rotatable bonds is 23. The van der Waals surface area contributed by atoms with Gasteiger partial charge >= 0.3 is 17.9 Å². The first-order valence-corrected chi connectivity index (χ1v) is 39.0. The summed E-state index contributed by atoms with van der Waals surface area (Å²) in [5, 5.41) is 28.6. The van der Waals surface area contributed by atoms with Crippen LogP contribution in [0.4, 0.5) is 21.8 Å². The minimum atomic E-state index is -3.99. The number of anilines is 3. The maximum Gasteiger partial charge on any atom is 0.340 e. The van der Waals surface area contributed by atoms with Gasteiger partial charge in [-0.15, -0.1) is 0 Å². The average Bonchev–Trinajstić information content (AvgIpc) is 1.59. The van der Waals surface area contributed by atoms with E-state index in [4.69, 9.17) is 24.7 Å². The predicted molar refractivity (Wildman–Crippen MR) is 431 cm³/mol. The number of halogens is 3. The second kappa shape index (κ2) is 36.2. The van der Waals surface area contributed by atoms with E-state index in [1.807, 2.05) is 131 Å². The van der Waals surface area contributed by atoms with Crippen molar-refractivity contribution in [2.45, 2.75) is 65.2 Å². The Kier molecular flexibility index (Phi) is 27.1. The average molecular weight is 1660 g/mol. The lowest BCUT2D eigenvalue weighted by atomic mass is 10.0. The molecule has 1 amide bonds. The highest BCUT2D eigenvalue weighted by atomic mass is 79.9. The number of aromatic carboxylic acids is 3. The monoisotopic (exact) mass is 1660 g/mol. The van der Waals surface area contributed by atoms with Crippen LogP contribution in [0.3, 0.4) is 0 Å². The zero-order valence-corrected chi connectivity index (χ0v) is 67.1. The third-order valence-electron chi connectivity index (χ3n) is 17.7. The van der Waals surface area contributed by atoms with Crippen LogP contribution in [-0.2, 0) is 20.0 Å². The number of aromatic nitrogens is 8. The number of carboxylic acids is 3. The molecule has 0 saturated carbocycles. The number of carbonyl (C=O) groups is 4. The molecule has 12 aromatic rings. The summed E-state index contributed by atoms with van der Waals surface area (Å²) in [6, 6.07) is 38.0. The third-order valence-corrected chi connectivity index (χ3v) is 21.9. The smallest absolute Gasteiger partial charge is 0.340 e. The Labute approximate surface area is 653 Å². The third kappa shape index (κ3) is 18.1. The fraction of sp³-hybridized carbons (Fsp3) is 0.225. The van der Waals surface area contributed by atoms with Crippen molar-refractivity contribution >= 4 is 115 Å². The van der Waals surface area contributed by atoms with Gasteiger partial charge in [0, 0.05) is 167 Å². The van der Waals surface area contributed by atoms with Gasteiger partial charge in [0.25, 0.3) is 26.0 Å². The number of ether oxygens (including phenoxy) is 2. The Morgan fingerprint density at radius 2 is 0.764 bits per heavy atom. The molecule has 0 fully saturated rings. The van der Waals surface area contributed by atoms with E-state index in [0.29, 0.717) is 119 Å². The molecule has 25 nitrogen and oxygen atoms in total. The van der Waals surface area contributed by atoms with Gasteiger partial charge in [0.1, 0.15) is 45.6 Å². The first-order chi connectivity index (χ1) is 52.5. The number of nitrogens with zero attached hydrogens (tertiary/aromatic N) is 12. The highest BCUT2D eigenvalue weighted by Gasteiger charge is 2.29. The number of carbonyl (C=O) groups excluding carboxylic acids is 1. The van der Waals surface area contributed by atoms with Crippen molar-refractivity contribution < 1.29 is 65.2 Å². The fourth-order valence-electron chi connectivity index (χ4n) is 11.9. The maximum absolute atomic E-state index is 13.9. The fourth-order valence-corrected chi connectivity index (χ4v) is 15.2. The molecular weight excluding hydrogens is 1580 g/mol. The summed E-state index contributed by atoms with van der Waals surface area (Å²) in [6.07, 6.45) is 12.5. The molecule has 0 radical (unpaired) electrons. The number of fused-ring (bicyclic) bond motifs is 2. The molecule has 30 heteroatoms. The van der Waals surface area contributed by atoms with Crippen LogP contribution < -0.4 is 24.2 Å². The van der Waals surface area contributed by atoms with Crippen LogP contribution in [-0.4, -0.2) is 166 Å². The molecule has 0 atom stereocenters. The number of para-hydroxylation sites is 2. The molecule has 0 saturated heterocycles. The summed E-state index contributed by atoms with van der Waals surface area (Å²) >= 11 is 6.19. The van der Waals surface area contributed by atoms with E-state index in [1.165, 1.54) is 25.2 Å². The van der Waals surface area contributed by atoms with Crippen LogP contribution in [0.15, 0.2) is 202 Å². The van der Waals surface area contributed by atoms with Crippen LogP contribution in [0.25, 0.3) is 66.6 Å². The lowest BCUT2D eigenvalue weighted by Gasteiger charge is -2.24. The van der Waals surface area contributed by atoms with Crippen molar-refractivity contribution in [1.82, 2.24) is 42.7 Å². The standard InChI is InChI=1S/C33H35N5O4S.C31H30N4O5S.C10H13BrN2O2.C6H3BrFNO2/c1-7-37(8-2)31-28(33(39)36(4)5)18-24(19-34-31)23-17-27-29(26-11-9-10-12-30(26)42-6)21-38(32(27)35-20-23)43(40,41)25-15-13-22(3)14-16-25;1-5-34(6-2)29-26(31(36)37)16-22(17-32-29)21-15-25-27(24-9-7-8-10-28(24)40-4)19-35(30(25)33-18-21)41(38,39)23-13-11-20(3)12-14-23;1-3-13(4-2)9-8(10(14)15)5-7(11)6-12-9;7-3-1-4(6(10)11)5(8)9-2-3/h9-21H,7-8H2,1-6H3;7-19H,5-6H2,1-4H3,(H,36,37);5-6H,3-4H2,1-2H3,(H,14,15);1-2H,(H,10,11). The Bertz CT molecular complexity index is 5620. The molecule has 8 heterocycles. The van der Waals surface area contributed by atoms with Crippen molar-refractivity contribution in [2.24, 2.45) is 0 Å². The van der Waals surface area contributed by atoms with E-state index >= 15 is 0 Å². The predicted octanol–water partition coefficient (Wildman–Crippen LogP) is 15.8. The van der Waals surface area contributed by atoms with Crippen LogP contribution in [0.5, 0.6) is 11.5 Å². The number of hydrogen-bond acceptors (Lipinski definition) is 19. The molecule has 572 valence electrons. The van der Waals surface area contributed by atoms with Crippen molar-refractivity contribution in [3.05, 3.63) is 231 Å². The lowest BCUT2D eigenvalue weighted by Crippen LogP contribution is -2.29. The van der Waals surface area contributed by atoms with E-state index in [2.05, 4.69) is 56.8 Å². The lowest BCUT2D eigenvalue weighted by molar-refractivity contribution is 0.0681. The van der Waals surface area contributed by atoms with Gasteiger partial charge in [-0.3, -0.25) is 4.79 Å². The van der Waals surface area contributed by atoms with Crippen LogP contribution in [0.2, 0.25) is 0 Å². The molecular formula is C80H81Br2FN12O13S2. The highest BCUT2D eigenvalue weighted by Crippen LogP contribution is 2.42. The number of pyridine rings is 6. The summed E-state index contributed by atoms with van der Waals surface area (Å²) in [5.74, 6) is -1.78. The van der Waals surface area contributed by atoms with Gasteiger partial charge in [-0.2, -0.15) is 4.39 Å². The highest BCUT2D eigenvalue weighted by molar-refractivity contribution is 9.10. The van der Waals surface area contributed by atoms with E-state index in [1.54, 1.807) is 132 Å². The van der Waals surface area contributed by atoms with E-state index in [0.717, 1.165) is 35.8 Å². The molecule has 0 aliphatic carbocycles. The molecule has 3 N–H and O–H groups in total. The number of aryl methyl sites for hydroxylation is 2. The maximum atomic E-state index is 13.9.